The number of carbonyl (C=O) groups is 2. The van der Waals surface area contributed by atoms with E-state index >= 15 is 0 Å². The van der Waals surface area contributed by atoms with Gasteiger partial charge in [-0.1, -0.05) is 30.3 Å². The Hall–Kier alpha value is -2.94. The van der Waals surface area contributed by atoms with Crippen LogP contribution in [0.3, 0.4) is 0 Å². The van der Waals surface area contributed by atoms with E-state index in [1.54, 1.807) is 24.3 Å². The molecule has 0 radical (unpaired) electrons. The molecule has 1 unspecified atom stereocenters. The molecule has 5 nitrogen and oxygen atoms in total. The van der Waals surface area contributed by atoms with Crippen LogP contribution in [0.4, 0.5) is 17.6 Å². The fourth-order valence-corrected chi connectivity index (χ4v) is 4.51. The number of fused-ring (bicyclic) bond motifs is 1. The van der Waals surface area contributed by atoms with Crippen molar-refractivity contribution in [1.29, 1.82) is 0 Å². The molecule has 2 heterocycles. The molecule has 1 saturated heterocycles. The quantitative estimate of drug-likeness (QED) is 0.681. The molecule has 33 heavy (non-hydrogen) atoms. The fraction of sp³-hybridized carbons (Fsp3) is 0.417. The molecule has 2 aliphatic rings. The second-order valence-electron chi connectivity index (χ2n) is 8.36. The topological polar surface area (TPSA) is 58.6 Å². The van der Waals surface area contributed by atoms with Gasteiger partial charge in [0, 0.05) is 31.9 Å². The Morgan fingerprint density at radius 3 is 2.55 bits per heavy atom. The van der Waals surface area contributed by atoms with Crippen LogP contribution in [-0.4, -0.2) is 36.5 Å². The van der Waals surface area contributed by atoms with Gasteiger partial charge in [0.05, 0.1) is 12.0 Å². The van der Waals surface area contributed by atoms with Crippen molar-refractivity contribution < 1.29 is 31.9 Å². The number of rotatable bonds is 5. The summed E-state index contributed by atoms with van der Waals surface area (Å²) in [4.78, 5) is 27.7. The van der Waals surface area contributed by atoms with Gasteiger partial charge in [0.1, 0.15) is 11.9 Å². The van der Waals surface area contributed by atoms with E-state index in [0.717, 1.165) is 31.0 Å². The number of alkyl halides is 3. The number of benzene rings is 2. The first-order valence-corrected chi connectivity index (χ1v) is 10.8. The van der Waals surface area contributed by atoms with Crippen LogP contribution in [0.1, 0.15) is 41.1 Å². The molecule has 2 amide bonds. The van der Waals surface area contributed by atoms with Crippen LogP contribution < -0.4 is 5.32 Å². The van der Waals surface area contributed by atoms with Gasteiger partial charge in [-0.2, -0.15) is 13.2 Å². The van der Waals surface area contributed by atoms with E-state index < -0.39 is 41.6 Å². The molecule has 0 bridgehead atoms. The van der Waals surface area contributed by atoms with Crippen LogP contribution in [0, 0.1) is 11.7 Å². The minimum absolute atomic E-state index is 0.148. The largest absolute Gasteiger partial charge is 0.416 e. The van der Waals surface area contributed by atoms with Gasteiger partial charge in [-0.3, -0.25) is 9.59 Å². The van der Waals surface area contributed by atoms with Gasteiger partial charge >= 0.3 is 6.18 Å². The van der Waals surface area contributed by atoms with Crippen LogP contribution in [-0.2, 0) is 33.5 Å². The van der Waals surface area contributed by atoms with Crippen molar-refractivity contribution in [2.75, 3.05) is 19.8 Å². The number of nitrogens with zero attached hydrogens (tertiary/aromatic N) is 1. The molecule has 2 aromatic carbocycles. The maximum absolute atomic E-state index is 14.2. The highest BCUT2D eigenvalue weighted by atomic mass is 19.4. The lowest BCUT2D eigenvalue weighted by atomic mass is 9.89. The SMILES string of the molecule is O=C(NCc1c(F)cccc1C(F)(F)F)C1c2ccccc2CC(=O)N1CC1CCOCC1. The Balaban J connectivity index is 1.60. The van der Waals surface area contributed by atoms with Gasteiger partial charge < -0.3 is 15.0 Å². The lowest BCUT2D eigenvalue weighted by Crippen LogP contribution is -2.49. The van der Waals surface area contributed by atoms with Crippen molar-refractivity contribution in [3.63, 3.8) is 0 Å². The predicted molar refractivity (Wildman–Crippen MR) is 111 cm³/mol. The molecule has 1 N–H and O–H groups in total. The fourth-order valence-electron chi connectivity index (χ4n) is 4.51. The van der Waals surface area contributed by atoms with E-state index in [-0.39, 0.29) is 18.2 Å². The van der Waals surface area contributed by atoms with Crippen LogP contribution in [0.15, 0.2) is 42.5 Å². The van der Waals surface area contributed by atoms with Crippen molar-refractivity contribution in [2.24, 2.45) is 5.92 Å². The highest BCUT2D eigenvalue weighted by Gasteiger charge is 2.39. The molecular formula is C24H24F4N2O3. The van der Waals surface area contributed by atoms with E-state index in [1.165, 1.54) is 4.90 Å². The number of carbonyl (C=O) groups excluding carboxylic acids is 2. The zero-order valence-corrected chi connectivity index (χ0v) is 17.8. The third-order valence-electron chi connectivity index (χ3n) is 6.23. The molecule has 2 aromatic rings. The third-order valence-corrected chi connectivity index (χ3v) is 6.23. The standard InChI is InChI=1S/C24H24F4N2O3/c25-20-7-3-6-19(24(26,27)28)18(20)13-29-23(32)22-17-5-2-1-4-16(17)12-21(31)30(22)14-15-8-10-33-11-9-15/h1-7,15,22H,8-14H2,(H,29,32). The normalized spacial score (nSPS) is 19.3. The molecule has 0 spiro atoms. The third kappa shape index (κ3) is 5.03. The summed E-state index contributed by atoms with van der Waals surface area (Å²) in [5.74, 6) is -1.75. The smallest absolute Gasteiger partial charge is 0.381 e. The highest BCUT2D eigenvalue weighted by Crippen LogP contribution is 2.35. The van der Waals surface area contributed by atoms with Crippen LogP contribution in [0.5, 0.6) is 0 Å². The number of amides is 2. The molecule has 0 aliphatic carbocycles. The molecule has 1 fully saturated rings. The van der Waals surface area contributed by atoms with Gasteiger partial charge in [0.15, 0.2) is 0 Å². The summed E-state index contributed by atoms with van der Waals surface area (Å²) in [6, 6.07) is 8.71. The first kappa shape index (κ1) is 23.2. The lowest BCUT2D eigenvalue weighted by molar-refractivity contribution is -0.143. The second kappa shape index (κ2) is 9.51. The second-order valence-corrected chi connectivity index (χ2v) is 8.36. The van der Waals surface area contributed by atoms with Gasteiger partial charge in [-0.25, -0.2) is 4.39 Å². The molecule has 4 rings (SSSR count). The molecular weight excluding hydrogens is 440 g/mol. The Kier molecular flexibility index (Phi) is 6.69. The zero-order valence-electron chi connectivity index (χ0n) is 17.8. The van der Waals surface area contributed by atoms with Crippen LogP contribution >= 0.6 is 0 Å². The lowest BCUT2D eigenvalue weighted by Gasteiger charge is -2.39. The Morgan fingerprint density at radius 2 is 1.82 bits per heavy atom. The summed E-state index contributed by atoms with van der Waals surface area (Å²) >= 11 is 0. The molecule has 0 saturated carbocycles. The molecule has 2 aliphatic heterocycles. The van der Waals surface area contributed by atoms with Gasteiger partial charge in [0.25, 0.3) is 0 Å². The summed E-state index contributed by atoms with van der Waals surface area (Å²) in [5.41, 5.74) is -0.439. The summed E-state index contributed by atoms with van der Waals surface area (Å²) in [6.07, 6.45) is -3.10. The van der Waals surface area contributed by atoms with E-state index in [1.807, 2.05) is 0 Å². The summed E-state index contributed by atoms with van der Waals surface area (Å²) in [5, 5.41) is 2.45. The van der Waals surface area contributed by atoms with Gasteiger partial charge in [0.2, 0.25) is 11.8 Å². The average molecular weight is 464 g/mol. The molecule has 9 heteroatoms. The van der Waals surface area contributed by atoms with E-state index in [9.17, 15) is 27.2 Å². The summed E-state index contributed by atoms with van der Waals surface area (Å²) < 4.78 is 59.6. The highest BCUT2D eigenvalue weighted by molar-refractivity contribution is 5.92. The minimum Gasteiger partial charge on any atom is -0.381 e. The van der Waals surface area contributed by atoms with E-state index in [2.05, 4.69) is 5.32 Å². The number of ether oxygens (including phenoxy) is 1. The first-order valence-electron chi connectivity index (χ1n) is 10.8. The zero-order chi connectivity index (χ0) is 23.6. The van der Waals surface area contributed by atoms with E-state index in [0.29, 0.717) is 30.9 Å². The number of nitrogens with one attached hydrogen (secondary N) is 1. The first-order chi connectivity index (χ1) is 15.8. The van der Waals surface area contributed by atoms with Crippen molar-refractivity contribution in [3.8, 4) is 0 Å². The number of halogens is 4. The van der Waals surface area contributed by atoms with Crippen LogP contribution in [0.25, 0.3) is 0 Å². The van der Waals surface area contributed by atoms with Crippen molar-refractivity contribution in [1.82, 2.24) is 10.2 Å². The minimum atomic E-state index is -4.76. The Bertz CT molecular complexity index is 1030. The number of hydrogen-bond acceptors (Lipinski definition) is 3. The van der Waals surface area contributed by atoms with Gasteiger partial charge in [-0.05, 0) is 42.0 Å². The van der Waals surface area contributed by atoms with Crippen LogP contribution in [0.2, 0.25) is 0 Å². The summed E-state index contributed by atoms with van der Waals surface area (Å²) in [6.45, 7) is 0.863. The maximum Gasteiger partial charge on any atom is 0.416 e. The monoisotopic (exact) mass is 464 g/mol. The van der Waals surface area contributed by atoms with Crippen molar-refractivity contribution >= 4 is 11.8 Å². The maximum atomic E-state index is 14.2. The average Bonchev–Trinajstić information content (AvgIpc) is 2.78. The van der Waals surface area contributed by atoms with Crippen molar-refractivity contribution in [2.45, 2.75) is 38.0 Å². The predicted octanol–water partition coefficient (Wildman–Crippen LogP) is 4.01. The number of hydrogen-bond donors (Lipinski definition) is 1. The summed E-state index contributed by atoms with van der Waals surface area (Å²) in [7, 11) is 0. The van der Waals surface area contributed by atoms with E-state index in [4.69, 9.17) is 4.74 Å². The molecule has 176 valence electrons. The van der Waals surface area contributed by atoms with Crippen molar-refractivity contribution in [3.05, 3.63) is 70.5 Å². The molecule has 1 atom stereocenters. The Labute approximate surface area is 188 Å². The Morgan fingerprint density at radius 1 is 1.09 bits per heavy atom. The van der Waals surface area contributed by atoms with Gasteiger partial charge in [-0.15, -0.1) is 0 Å². The molecule has 0 aromatic heterocycles.